The van der Waals surface area contributed by atoms with Crippen molar-refractivity contribution in [1.82, 2.24) is 4.90 Å². The average molecular weight is 294 g/mol. The van der Waals surface area contributed by atoms with Crippen molar-refractivity contribution < 1.29 is 13.9 Å². The number of hydrogen-bond acceptors (Lipinski definition) is 3. The molecule has 1 aliphatic heterocycles. The minimum absolute atomic E-state index is 0.164. The molecule has 1 atom stereocenters. The maximum Gasteiger partial charge on any atom is 0.410 e. The SMILES string of the molecule is CC(C)(C)OC(=O)N1CCCC(Nc2ccc(F)cc2)C1. The summed E-state index contributed by atoms with van der Waals surface area (Å²) in [6.07, 6.45) is 1.64. The summed E-state index contributed by atoms with van der Waals surface area (Å²) < 4.78 is 18.3. The lowest BCUT2D eigenvalue weighted by atomic mass is 10.1. The summed E-state index contributed by atoms with van der Waals surface area (Å²) in [5.74, 6) is -0.250. The van der Waals surface area contributed by atoms with E-state index in [1.165, 1.54) is 12.1 Å². The number of carbonyl (C=O) groups is 1. The van der Waals surface area contributed by atoms with E-state index in [1.54, 1.807) is 17.0 Å². The Morgan fingerprint density at radius 1 is 1.33 bits per heavy atom. The van der Waals surface area contributed by atoms with Crippen LogP contribution < -0.4 is 5.32 Å². The fraction of sp³-hybridized carbons (Fsp3) is 0.562. The molecule has 1 saturated heterocycles. The Kier molecular flexibility index (Phi) is 4.70. The average Bonchev–Trinajstić information content (AvgIpc) is 2.40. The van der Waals surface area contributed by atoms with Crippen LogP contribution in [0, 0.1) is 5.82 Å². The lowest BCUT2D eigenvalue weighted by Crippen LogP contribution is -2.46. The summed E-state index contributed by atoms with van der Waals surface area (Å²) >= 11 is 0. The van der Waals surface area contributed by atoms with Crippen molar-refractivity contribution in [3.8, 4) is 0 Å². The summed E-state index contributed by atoms with van der Waals surface area (Å²) in [4.78, 5) is 13.8. The van der Waals surface area contributed by atoms with E-state index in [1.807, 2.05) is 20.8 Å². The second kappa shape index (κ2) is 6.33. The number of nitrogens with one attached hydrogen (secondary N) is 1. The number of hydrogen-bond donors (Lipinski definition) is 1. The van der Waals surface area contributed by atoms with E-state index in [9.17, 15) is 9.18 Å². The number of likely N-dealkylation sites (tertiary alicyclic amines) is 1. The lowest BCUT2D eigenvalue weighted by Gasteiger charge is -2.34. The number of anilines is 1. The molecule has 1 aromatic rings. The molecule has 1 amide bonds. The summed E-state index contributed by atoms with van der Waals surface area (Å²) in [6.45, 7) is 6.91. The maximum absolute atomic E-state index is 12.9. The molecule has 1 unspecified atom stereocenters. The van der Waals surface area contributed by atoms with Gasteiger partial charge in [-0.3, -0.25) is 0 Å². The van der Waals surface area contributed by atoms with E-state index < -0.39 is 5.60 Å². The first-order chi connectivity index (χ1) is 9.83. The Balaban J connectivity index is 1.91. The van der Waals surface area contributed by atoms with Gasteiger partial charge in [0.05, 0.1) is 0 Å². The number of nitrogens with zero attached hydrogens (tertiary/aromatic N) is 1. The van der Waals surface area contributed by atoms with Gasteiger partial charge in [0.15, 0.2) is 0 Å². The zero-order chi connectivity index (χ0) is 15.5. The van der Waals surface area contributed by atoms with Gasteiger partial charge in [-0.2, -0.15) is 0 Å². The molecule has 5 heteroatoms. The van der Waals surface area contributed by atoms with Gasteiger partial charge in [0.1, 0.15) is 11.4 Å². The van der Waals surface area contributed by atoms with Crippen LogP contribution in [-0.4, -0.2) is 35.7 Å². The van der Waals surface area contributed by atoms with Crippen molar-refractivity contribution >= 4 is 11.8 Å². The fourth-order valence-electron chi connectivity index (χ4n) is 2.37. The molecule has 116 valence electrons. The van der Waals surface area contributed by atoms with E-state index in [0.717, 1.165) is 25.1 Å². The van der Waals surface area contributed by atoms with E-state index in [2.05, 4.69) is 5.32 Å². The van der Waals surface area contributed by atoms with Crippen LogP contribution in [0.1, 0.15) is 33.6 Å². The van der Waals surface area contributed by atoms with Crippen molar-refractivity contribution in [2.75, 3.05) is 18.4 Å². The molecule has 0 bridgehead atoms. The van der Waals surface area contributed by atoms with Crippen LogP contribution in [0.4, 0.5) is 14.9 Å². The van der Waals surface area contributed by atoms with Crippen LogP contribution in [0.3, 0.4) is 0 Å². The highest BCUT2D eigenvalue weighted by atomic mass is 19.1. The monoisotopic (exact) mass is 294 g/mol. The second-order valence-electron chi connectivity index (χ2n) is 6.42. The summed E-state index contributed by atoms with van der Waals surface area (Å²) in [6, 6.07) is 6.44. The van der Waals surface area contributed by atoms with Crippen LogP contribution in [-0.2, 0) is 4.74 Å². The van der Waals surface area contributed by atoms with Crippen molar-refractivity contribution in [2.45, 2.75) is 45.3 Å². The van der Waals surface area contributed by atoms with E-state index in [4.69, 9.17) is 4.74 Å². The molecule has 0 radical (unpaired) electrons. The molecule has 0 aromatic heterocycles. The predicted octanol–water partition coefficient (Wildman–Crippen LogP) is 3.64. The van der Waals surface area contributed by atoms with Gasteiger partial charge in [-0.05, 0) is 57.9 Å². The number of amides is 1. The third-order valence-corrected chi connectivity index (χ3v) is 3.29. The van der Waals surface area contributed by atoms with Gasteiger partial charge in [-0.15, -0.1) is 0 Å². The van der Waals surface area contributed by atoms with Crippen LogP contribution in [0.2, 0.25) is 0 Å². The maximum atomic E-state index is 12.9. The highest BCUT2D eigenvalue weighted by Crippen LogP contribution is 2.18. The van der Waals surface area contributed by atoms with Gasteiger partial charge < -0.3 is 15.0 Å². The molecule has 0 spiro atoms. The van der Waals surface area contributed by atoms with Gasteiger partial charge >= 0.3 is 6.09 Å². The van der Waals surface area contributed by atoms with Gasteiger partial charge in [0, 0.05) is 24.8 Å². The number of piperidine rings is 1. The van der Waals surface area contributed by atoms with Crippen LogP contribution in [0.5, 0.6) is 0 Å². The van der Waals surface area contributed by atoms with Crippen LogP contribution in [0.15, 0.2) is 24.3 Å². The highest BCUT2D eigenvalue weighted by molar-refractivity contribution is 5.68. The number of carbonyl (C=O) groups excluding carboxylic acids is 1. The molecule has 1 aliphatic rings. The number of rotatable bonds is 2. The Bertz CT molecular complexity index is 482. The smallest absolute Gasteiger partial charge is 0.410 e. The molecule has 1 heterocycles. The summed E-state index contributed by atoms with van der Waals surface area (Å²) in [5.41, 5.74) is 0.390. The van der Waals surface area contributed by atoms with E-state index in [-0.39, 0.29) is 18.0 Å². The zero-order valence-corrected chi connectivity index (χ0v) is 12.9. The van der Waals surface area contributed by atoms with Gasteiger partial charge in [0.2, 0.25) is 0 Å². The first kappa shape index (κ1) is 15.6. The largest absolute Gasteiger partial charge is 0.444 e. The van der Waals surface area contributed by atoms with Gasteiger partial charge in [-0.25, -0.2) is 9.18 Å². The van der Waals surface area contributed by atoms with Gasteiger partial charge in [0.25, 0.3) is 0 Å². The lowest BCUT2D eigenvalue weighted by molar-refractivity contribution is 0.0206. The first-order valence-corrected chi connectivity index (χ1v) is 7.33. The Labute approximate surface area is 125 Å². The Hall–Kier alpha value is -1.78. The zero-order valence-electron chi connectivity index (χ0n) is 12.9. The minimum atomic E-state index is -0.478. The Morgan fingerprint density at radius 3 is 2.62 bits per heavy atom. The minimum Gasteiger partial charge on any atom is -0.444 e. The van der Waals surface area contributed by atoms with Gasteiger partial charge in [-0.1, -0.05) is 0 Å². The normalized spacial score (nSPS) is 19.2. The van der Waals surface area contributed by atoms with E-state index in [0.29, 0.717) is 6.54 Å². The van der Waals surface area contributed by atoms with E-state index >= 15 is 0 Å². The molecular weight excluding hydrogens is 271 g/mol. The summed E-state index contributed by atoms with van der Waals surface area (Å²) in [5, 5.41) is 3.34. The van der Waals surface area contributed by atoms with Crippen molar-refractivity contribution in [2.24, 2.45) is 0 Å². The van der Waals surface area contributed by atoms with Crippen LogP contribution in [0.25, 0.3) is 0 Å². The molecule has 21 heavy (non-hydrogen) atoms. The standard InChI is InChI=1S/C16H23FN2O2/c1-16(2,3)21-15(20)19-10-4-5-14(11-19)18-13-8-6-12(17)7-9-13/h6-9,14,18H,4-5,10-11H2,1-3H3. The molecule has 2 rings (SSSR count). The Morgan fingerprint density at radius 2 is 2.00 bits per heavy atom. The first-order valence-electron chi connectivity index (χ1n) is 7.33. The predicted molar refractivity (Wildman–Crippen MR) is 80.9 cm³/mol. The molecule has 1 N–H and O–H groups in total. The number of benzene rings is 1. The molecule has 0 aliphatic carbocycles. The topological polar surface area (TPSA) is 41.6 Å². The third kappa shape index (κ3) is 4.92. The van der Waals surface area contributed by atoms with Crippen molar-refractivity contribution in [3.05, 3.63) is 30.1 Å². The number of halogens is 1. The molecule has 0 saturated carbocycles. The molecule has 1 aromatic carbocycles. The fourth-order valence-corrected chi connectivity index (χ4v) is 2.37. The van der Waals surface area contributed by atoms with Crippen molar-refractivity contribution in [1.29, 1.82) is 0 Å². The second-order valence-corrected chi connectivity index (χ2v) is 6.42. The van der Waals surface area contributed by atoms with Crippen LogP contribution >= 0.6 is 0 Å². The molecular formula is C16H23FN2O2. The summed E-state index contributed by atoms with van der Waals surface area (Å²) in [7, 11) is 0. The van der Waals surface area contributed by atoms with Crippen molar-refractivity contribution in [3.63, 3.8) is 0 Å². The number of ether oxygens (including phenoxy) is 1. The molecule has 1 fully saturated rings. The quantitative estimate of drug-likeness (QED) is 0.905. The molecule has 4 nitrogen and oxygen atoms in total. The third-order valence-electron chi connectivity index (χ3n) is 3.29. The highest BCUT2D eigenvalue weighted by Gasteiger charge is 2.27.